The fraction of sp³-hybridized carbons (Fsp3) is 0.600. The molecule has 21 heavy (non-hydrogen) atoms. The van der Waals surface area contributed by atoms with Gasteiger partial charge in [-0.2, -0.15) is 0 Å². The molecule has 0 aromatic heterocycles. The second-order valence-corrected chi connectivity index (χ2v) is 7.59. The van der Waals surface area contributed by atoms with Gasteiger partial charge in [0.2, 0.25) is 0 Å². The molecule has 1 aromatic rings. The molecule has 0 bridgehead atoms. The minimum atomic E-state index is -3.19. The molecule has 1 aromatic carbocycles. The minimum absolute atomic E-state index is 0.272. The predicted octanol–water partition coefficient (Wildman–Crippen LogP) is 1.14. The van der Waals surface area contributed by atoms with Crippen molar-refractivity contribution in [2.75, 3.05) is 32.6 Å². The van der Waals surface area contributed by atoms with Crippen molar-refractivity contribution in [3.63, 3.8) is 0 Å². The monoisotopic (exact) mass is 313 g/mol. The molecule has 1 unspecified atom stereocenters. The molecular formula is C15H23NO4S. The molecule has 0 amide bonds. The third-order valence-corrected chi connectivity index (χ3v) is 4.93. The molecule has 1 aliphatic rings. The van der Waals surface area contributed by atoms with Crippen molar-refractivity contribution in [3.8, 4) is 0 Å². The summed E-state index contributed by atoms with van der Waals surface area (Å²) in [5.74, 6) is 0.610. The minimum Gasteiger partial charge on any atom is -0.387 e. The summed E-state index contributed by atoms with van der Waals surface area (Å²) in [6, 6.07) is 6.40. The van der Waals surface area contributed by atoms with Gasteiger partial charge in [0.15, 0.2) is 9.84 Å². The van der Waals surface area contributed by atoms with Crippen molar-refractivity contribution < 1.29 is 18.3 Å². The lowest BCUT2D eigenvalue weighted by Crippen LogP contribution is -2.30. The van der Waals surface area contributed by atoms with E-state index in [1.54, 1.807) is 12.1 Å². The Labute approximate surface area is 126 Å². The van der Waals surface area contributed by atoms with Crippen LogP contribution in [0, 0.1) is 5.92 Å². The Kier molecular flexibility index (Phi) is 5.75. The van der Waals surface area contributed by atoms with Crippen LogP contribution >= 0.6 is 0 Å². The second-order valence-electron chi connectivity index (χ2n) is 5.57. The molecule has 118 valence electrons. The molecule has 0 radical (unpaired) electrons. The van der Waals surface area contributed by atoms with Crippen molar-refractivity contribution >= 4 is 9.84 Å². The maximum absolute atomic E-state index is 11.4. The van der Waals surface area contributed by atoms with Crippen LogP contribution in [0.4, 0.5) is 0 Å². The van der Waals surface area contributed by atoms with Gasteiger partial charge in [-0.15, -0.1) is 0 Å². The lowest BCUT2D eigenvalue weighted by Gasteiger charge is -2.23. The third kappa shape index (κ3) is 5.07. The number of ether oxygens (including phenoxy) is 1. The molecule has 2 N–H and O–H groups in total. The Morgan fingerprint density at radius 1 is 1.29 bits per heavy atom. The summed E-state index contributed by atoms with van der Waals surface area (Å²) in [4.78, 5) is 0.272. The summed E-state index contributed by atoms with van der Waals surface area (Å²) in [7, 11) is -3.19. The number of rotatable bonds is 6. The van der Waals surface area contributed by atoms with Crippen LogP contribution < -0.4 is 5.32 Å². The maximum atomic E-state index is 11.4. The molecule has 0 saturated carbocycles. The van der Waals surface area contributed by atoms with Crippen molar-refractivity contribution in [3.05, 3.63) is 29.8 Å². The average molecular weight is 313 g/mol. The zero-order valence-electron chi connectivity index (χ0n) is 12.3. The number of aliphatic hydroxyl groups excluding tert-OH is 1. The Hall–Kier alpha value is -0.950. The highest BCUT2D eigenvalue weighted by atomic mass is 32.2. The summed E-state index contributed by atoms with van der Waals surface area (Å²) in [6.07, 6.45) is 2.67. The van der Waals surface area contributed by atoms with Crippen molar-refractivity contribution in [1.29, 1.82) is 0 Å². The van der Waals surface area contributed by atoms with Gasteiger partial charge in [-0.3, -0.25) is 0 Å². The molecule has 6 heteroatoms. The number of benzene rings is 1. The van der Waals surface area contributed by atoms with E-state index in [4.69, 9.17) is 4.74 Å². The fourth-order valence-electron chi connectivity index (χ4n) is 2.43. The first kappa shape index (κ1) is 16.4. The van der Waals surface area contributed by atoms with Crippen LogP contribution in [0.5, 0.6) is 0 Å². The Bertz CT molecular complexity index is 535. The van der Waals surface area contributed by atoms with E-state index >= 15 is 0 Å². The van der Waals surface area contributed by atoms with Crippen LogP contribution in [-0.2, 0) is 14.6 Å². The van der Waals surface area contributed by atoms with Gasteiger partial charge in [0.05, 0.1) is 11.0 Å². The molecule has 2 rings (SSSR count). The van der Waals surface area contributed by atoms with Crippen molar-refractivity contribution in [2.24, 2.45) is 5.92 Å². The van der Waals surface area contributed by atoms with E-state index in [-0.39, 0.29) is 4.90 Å². The Morgan fingerprint density at radius 2 is 1.90 bits per heavy atom. The zero-order chi connectivity index (χ0) is 15.3. The highest BCUT2D eigenvalue weighted by Crippen LogP contribution is 2.17. The number of aliphatic hydroxyl groups is 1. The normalized spacial score (nSPS) is 18.6. The highest BCUT2D eigenvalue weighted by Gasteiger charge is 2.15. The smallest absolute Gasteiger partial charge is 0.175 e. The molecular weight excluding hydrogens is 290 g/mol. The SMILES string of the molecule is CS(=O)(=O)c1ccc(C(O)CNCC2CCOCC2)cc1. The van der Waals surface area contributed by atoms with Gasteiger partial charge < -0.3 is 15.2 Å². The molecule has 0 aliphatic carbocycles. The largest absolute Gasteiger partial charge is 0.387 e. The van der Waals surface area contributed by atoms with E-state index in [1.807, 2.05) is 0 Å². The van der Waals surface area contributed by atoms with Crippen molar-refractivity contribution in [1.82, 2.24) is 5.32 Å². The third-order valence-electron chi connectivity index (χ3n) is 3.80. The molecule has 1 fully saturated rings. The molecule has 1 heterocycles. The molecule has 5 nitrogen and oxygen atoms in total. The first-order valence-electron chi connectivity index (χ1n) is 7.23. The first-order chi connectivity index (χ1) is 9.97. The standard InChI is InChI=1S/C15H23NO4S/c1-21(18,19)14-4-2-13(3-5-14)15(17)11-16-10-12-6-8-20-9-7-12/h2-5,12,15-17H,6-11H2,1H3. The summed E-state index contributed by atoms with van der Waals surface area (Å²) >= 11 is 0. The van der Waals surface area contributed by atoms with E-state index < -0.39 is 15.9 Å². The van der Waals surface area contributed by atoms with Crippen LogP contribution in [0.2, 0.25) is 0 Å². The molecule has 0 spiro atoms. The predicted molar refractivity (Wildman–Crippen MR) is 80.9 cm³/mol. The lowest BCUT2D eigenvalue weighted by molar-refractivity contribution is 0.0649. The van der Waals surface area contributed by atoms with Gasteiger partial charge in [-0.1, -0.05) is 12.1 Å². The van der Waals surface area contributed by atoms with E-state index in [0.717, 1.165) is 38.2 Å². The summed E-state index contributed by atoms with van der Waals surface area (Å²) in [5.41, 5.74) is 0.724. The van der Waals surface area contributed by atoms with Gasteiger partial charge >= 0.3 is 0 Å². The van der Waals surface area contributed by atoms with E-state index in [1.165, 1.54) is 18.4 Å². The van der Waals surface area contributed by atoms with Crippen LogP contribution in [0.15, 0.2) is 29.2 Å². The van der Waals surface area contributed by atoms with E-state index in [9.17, 15) is 13.5 Å². The van der Waals surface area contributed by atoms with E-state index in [2.05, 4.69) is 5.32 Å². The quantitative estimate of drug-likeness (QED) is 0.824. The summed E-state index contributed by atoms with van der Waals surface area (Å²) < 4.78 is 28.1. The number of nitrogens with one attached hydrogen (secondary N) is 1. The van der Waals surface area contributed by atoms with Gasteiger partial charge in [0.1, 0.15) is 0 Å². The van der Waals surface area contributed by atoms with Gasteiger partial charge in [-0.05, 0) is 43.0 Å². The van der Waals surface area contributed by atoms with Crippen LogP contribution in [-0.4, -0.2) is 46.1 Å². The lowest BCUT2D eigenvalue weighted by atomic mass is 10.0. The van der Waals surface area contributed by atoms with Gasteiger partial charge in [-0.25, -0.2) is 8.42 Å². The maximum Gasteiger partial charge on any atom is 0.175 e. The summed E-state index contributed by atoms with van der Waals surface area (Å²) in [6.45, 7) is 2.99. The Balaban J connectivity index is 1.81. The topological polar surface area (TPSA) is 75.6 Å². The van der Waals surface area contributed by atoms with E-state index in [0.29, 0.717) is 12.5 Å². The van der Waals surface area contributed by atoms with Gasteiger partial charge in [0.25, 0.3) is 0 Å². The number of sulfone groups is 1. The fourth-order valence-corrected chi connectivity index (χ4v) is 3.06. The first-order valence-corrected chi connectivity index (χ1v) is 9.12. The molecule has 1 saturated heterocycles. The second kappa shape index (κ2) is 7.35. The van der Waals surface area contributed by atoms with Crippen LogP contribution in [0.3, 0.4) is 0 Å². The number of hydrogen-bond acceptors (Lipinski definition) is 5. The Morgan fingerprint density at radius 3 is 2.48 bits per heavy atom. The average Bonchev–Trinajstić information content (AvgIpc) is 2.47. The molecule has 1 aliphatic heterocycles. The highest BCUT2D eigenvalue weighted by molar-refractivity contribution is 7.90. The van der Waals surface area contributed by atoms with Crippen LogP contribution in [0.1, 0.15) is 24.5 Å². The zero-order valence-corrected chi connectivity index (χ0v) is 13.1. The van der Waals surface area contributed by atoms with Gasteiger partial charge in [0, 0.05) is 26.0 Å². The van der Waals surface area contributed by atoms with Crippen LogP contribution in [0.25, 0.3) is 0 Å². The number of hydrogen-bond donors (Lipinski definition) is 2. The van der Waals surface area contributed by atoms with Crippen molar-refractivity contribution in [2.45, 2.75) is 23.8 Å². The summed E-state index contributed by atoms with van der Waals surface area (Å²) in [5, 5.41) is 13.4. The molecule has 1 atom stereocenters.